The fraction of sp³-hybridized carbons (Fsp3) is 0.667. The number of unbranched alkanes of at least 4 members (excludes halogenated alkanes) is 1. The van der Waals surface area contributed by atoms with Crippen LogP contribution in [0.2, 0.25) is 0 Å². The maximum atomic E-state index is 8.63. The largest absolute Gasteiger partial charge is 0.726 e. The molecule has 7 heteroatoms. The van der Waals surface area contributed by atoms with E-state index >= 15 is 0 Å². The first kappa shape index (κ1) is 17.5. The van der Waals surface area contributed by atoms with Gasteiger partial charge >= 0.3 is 0 Å². The monoisotopic (exact) mass is 252 g/mol. The van der Waals surface area contributed by atoms with E-state index < -0.39 is 10.4 Å². The lowest BCUT2D eigenvalue weighted by Crippen LogP contribution is -2.23. The zero-order valence-electron chi connectivity index (χ0n) is 8.83. The van der Waals surface area contributed by atoms with Crippen molar-refractivity contribution in [2.24, 2.45) is 7.05 Å². The summed E-state index contributed by atoms with van der Waals surface area (Å²) in [6.45, 7) is 3.36. The van der Waals surface area contributed by atoms with Crippen LogP contribution in [0.3, 0.4) is 0 Å². The Labute approximate surface area is 97.1 Å². The molecule has 1 heterocycles. The van der Waals surface area contributed by atoms with E-state index in [1.807, 2.05) is 7.05 Å². The molecule has 0 saturated heterocycles. The van der Waals surface area contributed by atoms with E-state index in [-0.39, 0.29) is 7.43 Å². The third-order valence-corrected chi connectivity index (χ3v) is 1.59. The van der Waals surface area contributed by atoms with Crippen LogP contribution in [-0.2, 0) is 24.0 Å². The molecule has 0 bridgehead atoms. The number of aromatic nitrogens is 2. The Morgan fingerprint density at radius 3 is 2.31 bits per heavy atom. The predicted octanol–water partition coefficient (Wildman–Crippen LogP) is 0.753. The molecule has 1 rings (SSSR count). The van der Waals surface area contributed by atoms with Gasteiger partial charge in [-0.1, -0.05) is 20.8 Å². The Morgan fingerprint density at radius 2 is 2.00 bits per heavy atom. The van der Waals surface area contributed by atoms with Gasteiger partial charge in [0.1, 0.15) is 12.4 Å². The van der Waals surface area contributed by atoms with Gasteiger partial charge in [0.2, 0.25) is 16.7 Å². The molecule has 1 aromatic heterocycles. The average molecular weight is 252 g/mol. The van der Waals surface area contributed by atoms with Crippen LogP contribution < -0.4 is 4.57 Å². The van der Waals surface area contributed by atoms with Crippen LogP contribution in [0.25, 0.3) is 0 Å². The highest BCUT2D eigenvalue weighted by Gasteiger charge is 1.96. The lowest BCUT2D eigenvalue weighted by Gasteiger charge is -1.90. The van der Waals surface area contributed by atoms with Gasteiger partial charge in [-0.05, 0) is 6.42 Å². The summed E-state index contributed by atoms with van der Waals surface area (Å²) in [4.78, 5) is 0. The third kappa shape index (κ3) is 13.1. The molecule has 16 heavy (non-hydrogen) atoms. The van der Waals surface area contributed by atoms with Crippen molar-refractivity contribution in [3.8, 4) is 0 Å². The van der Waals surface area contributed by atoms with Crippen molar-refractivity contribution in [1.82, 2.24) is 4.57 Å². The summed E-state index contributed by atoms with van der Waals surface area (Å²) in [7, 11) is -2.87. The Bertz CT molecular complexity index is 365. The lowest BCUT2D eigenvalue weighted by molar-refractivity contribution is -0.671. The number of hydrogen-bond donors (Lipinski definition) is 1. The van der Waals surface area contributed by atoms with Gasteiger partial charge in [0, 0.05) is 0 Å². The summed E-state index contributed by atoms with van der Waals surface area (Å²) in [5.74, 6) is 0. The molecule has 0 aliphatic rings. The van der Waals surface area contributed by atoms with Crippen molar-refractivity contribution in [2.45, 2.75) is 33.7 Å². The van der Waals surface area contributed by atoms with Crippen molar-refractivity contribution < 1.29 is 22.1 Å². The van der Waals surface area contributed by atoms with E-state index in [1.165, 1.54) is 12.8 Å². The Kier molecular flexibility index (Phi) is 9.02. The van der Waals surface area contributed by atoms with Crippen LogP contribution in [0.1, 0.15) is 27.2 Å². The van der Waals surface area contributed by atoms with Gasteiger partial charge in [0.05, 0.1) is 13.6 Å². The minimum Gasteiger partial charge on any atom is -0.726 e. The van der Waals surface area contributed by atoms with Crippen LogP contribution in [-0.4, -0.2) is 22.1 Å². The minimum atomic E-state index is -4.92. The molecular weight excluding hydrogens is 232 g/mol. The van der Waals surface area contributed by atoms with Crippen LogP contribution in [0, 0.1) is 0 Å². The maximum absolute atomic E-state index is 8.63. The van der Waals surface area contributed by atoms with E-state index in [2.05, 4.69) is 34.8 Å². The fourth-order valence-corrected chi connectivity index (χ4v) is 0.975. The van der Waals surface area contributed by atoms with Gasteiger partial charge in [-0.15, -0.1) is 0 Å². The zero-order valence-corrected chi connectivity index (χ0v) is 9.64. The number of nitrogens with zero attached hydrogens (tertiary/aromatic N) is 2. The molecule has 0 fully saturated rings. The molecule has 1 N–H and O–H groups in total. The molecule has 96 valence electrons. The van der Waals surface area contributed by atoms with Gasteiger partial charge < -0.3 is 4.55 Å². The topological polar surface area (TPSA) is 86.2 Å². The molecule has 0 aliphatic heterocycles. The predicted molar refractivity (Wildman–Crippen MR) is 59.6 cm³/mol. The molecule has 0 amide bonds. The number of imidazole rings is 1. The third-order valence-electron chi connectivity index (χ3n) is 1.59. The number of rotatable bonds is 3. The quantitative estimate of drug-likeness (QED) is 0.488. The van der Waals surface area contributed by atoms with Crippen molar-refractivity contribution >= 4 is 10.4 Å². The van der Waals surface area contributed by atoms with Crippen LogP contribution in [0.5, 0.6) is 0 Å². The van der Waals surface area contributed by atoms with E-state index in [0.717, 1.165) is 6.54 Å². The van der Waals surface area contributed by atoms with Crippen molar-refractivity contribution in [3.63, 3.8) is 0 Å². The van der Waals surface area contributed by atoms with Crippen LogP contribution in [0.4, 0.5) is 0 Å². The zero-order chi connectivity index (χ0) is 11.9. The molecule has 0 spiro atoms. The van der Waals surface area contributed by atoms with E-state index in [1.54, 1.807) is 0 Å². The van der Waals surface area contributed by atoms with Gasteiger partial charge in [0.25, 0.3) is 0 Å². The number of hydrogen-bond acceptors (Lipinski definition) is 3. The summed E-state index contributed by atoms with van der Waals surface area (Å²) in [5, 5.41) is 0. The highest BCUT2D eigenvalue weighted by molar-refractivity contribution is 7.79. The molecule has 0 unspecified atom stereocenters. The highest BCUT2D eigenvalue weighted by atomic mass is 32.3. The van der Waals surface area contributed by atoms with E-state index in [0.29, 0.717) is 0 Å². The molecular formula is C9H20N2O4S. The molecule has 0 aromatic carbocycles. The standard InChI is InChI=1S/C8H15N2.CH4.H2O4S/c1-3-4-5-10-7-6-9(2)8-10;;1-5(2,3)4/h6-8H,3-5H2,1-2H3;1H4;(H2,1,2,3,4)/q+1;;/p-1. The second-order valence-corrected chi connectivity index (χ2v) is 3.95. The van der Waals surface area contributed by atoms with Crippen molar-refractivity contribution in [3.05, 3.63) is 18.7 Å². The van der Waals surface area contributed by atoms with Crippen LogP contribution >= 0.6 is 0 Å². The summed E-state index contributed by atoms with van der Waals surface area (Å²) in [6.07, 6.45) is 8.82. The molecule has 6 nitrogen and oxygen atoms in total. The maximum Gasteiger partial charge on any atom is 0.243 e. The van der Waals surface area contributed by atoms with E-state index in [9.17, 15) is 0 Å². The summed E-state index contributed by atoms with van der Waals surface area (Å²) < 4.78 is 37.1. The summed E-state index contributed by atoms with van der Waals surface area (Å²) in [5.41, 5.74) is 0. The smallest absolute Gasteiger partial charge is 0.243 e. The first-order chi connectivity index (χ1) is 6.83. The number of aryl methyl sites for hydroxylation is 2. The average Bonchev–Trinajstić information content (AvgIpc) is 2.45. The fourth-order valence-electron chi connectivity index (χ4n) is 0.975. The van der Waals surface area contributed by atoms with Crippen LogP contribution in [0.15, 0.2) is 18.7 Å². The Hall–Kier alpha value is -0.920. The van der Waals surface area contributed by atoms with Crippen molar-refractivity contribution in [1.29, 1.82) is 0 Å². The summed E-state index contributed by atoms with van der Waals surface area (Å²) in [6, 6.07) is 0. The lowest BCUT2D eigenvalue weighted by atomic mass is 10.3. The molecule has 1 aromatic rings. The Morgan fingerprint density at radius 1 is 1.50 bits per heavy atom. The van der Waals surface area contributed by atoms with Gasteiger partial charge in [-0.3, -0.25) is 4.55 Å². The Balaban J connectivity index is 0. The second-order valence-electron chi connectivity index (χ2n) is 3.10. The molecule has 0 aliphatic carbocycles. The highest BCUT2D eigenvalue weighted by Crippen LogP contribution is 1.91. The van der Waals surface area contributed by atoms with Gasteiger partial charge in [-0.2, -0.15) is 0 Å². The van der Waals surface area contributed by atoms with E-state index in [4.69, 9.17) is 17.5 Å². The SMILES string of the molecule is C.CCCCn1cc[n+](C)c1.O=S(=O)([O-])O. The molecule has 0 radical (unpaired) electrons. The molecule has 0 saturated carbocycles. The van der Waals surface area contributed by atoms with Crippen molar-refractivity contribution in [2.75, 3.05) is 0 Å². The summed E-state index contributed by atoms with van der Waals surface area (Å²) >= 11 is 0. The molecule has 0 atom stereocenters. The van der Waals surface area contributed by atoms with Gasteiger partial charge in [0.15, 0.2) is 0 Å². The second kappa shape index (κ2) is 8.26. The first-order valence-electron chi connectivity index (χ1n) is 4.52. The normalized spacial score (nSPS) is 10.0. The first-order valence-corrected chi connectivity index (χ1v) is 5.88. The minimum absolute atomic E-state index is 0. The van der Waals surface area contributed by atoms with Gasteiger partial charge in [-0.25, -0.2) is 17.6 Å².